The van der Waals surface area contributed by atoms with Crippen LogP contribution in [0.4, 0.5) is 5.69 Å². The number of carbonyl (C=O) groups excluding carboxylic acids is 1. The molecule has 0 radical (unpaired) electrons. The van der Waals surface area contributed by atoms with E-state index >= 15 is 0 Å². The number of carbonyl (C=O) groups is 2. The van der Waals surface area contributed by atoms with Gasteiger partial charge < -0.3 is 19.9 Å². The van der Waals surface area contributed by atoms with Gasteiger partial charge in [0.25, 0.3) is 0 Å². The highest BCUT2D eigenvalue weighted by Gasteiger charge is 2.16. The number of carboxylic acids is 1. The maximum atomic E-state index is 11.7. The second-order valence-electron chi connectivity index (χ2n) is 3.71. The maximum Gasteiger partial charge on any atom is 0.337 e. The highest BCUT2D eigenvalue weighted by atomic mass is 79.9. The molecule has 2 N–H and O–H groups in total. The third kappa shape index (κ3) is 5.20. The van der Waals surface area contributed by atoms with Gasteiger partial charge in [-0.05, 0) is 28.1 Å². The Kier molecular flexibility index (Phi) is 7.14. The predicted octanol–water partition coefficient (Wildman–Crippen LogP) is 2.51. The van der Waals surface area contributed by atoms with E-state index in [9.17, 15) is 9.59 Å². The molecule has 0 aliphatic carbocycles. The van der Waals surface area contributed by atoms with Gasteiger partial charge in [-0.25, -0.2) is 4.79 Å². The topological polar surface area (TPSA) is 84.9 Å². The van der Waals surface area contributed by atoms with Gasteiger partial charge in [0.1, 0.15) is 6.61 Å². The number of anilines is 1. The first-order valence-electron chi connectivity index (χ1n) is 5.54. The summed E-state index contributed by atoms with van der Waals surface area (Å²) in [5, 5.41) is 11.6. The quantitative estimate of drug-likeness (QED) is 0.674. The summed E-state index contributed by atoms with van der Waals surface area (Å²) < 4.78 is 10.9. The lowest BCUT2D eigenvalue weighted by molar-refractivity contribution is -0.121. The fourth-order valence-electron chi connectivity index (χ4n) is 1.35. The predicted molar refractivity (Wildman–Crippen MR) is 80.1 cm³/mol. The van der Waals surface area contributed by atoms with Crippen molar-refractivity contribution >= 4 is 49.4 Å². The number of nitrogens with one attached hydrogen (secondary N) is 1. The van der Waals surface area contributed by atoms with E-state index in [0.29, 0.717) is 15.6 Å². The normalized spacial score (nSPS) is 10.3. The van der Waals surface area contributed by atoms with Crippen LogP contribution in [-0.4, -0.2) is 43.9 Å². The van der Waals surface area contributed by atoms with E-state index in [4.69, 9.17) is 14.6 Å². The average Bonchev–Trinajstić information content (AvgIpc) is 2.37. The summed E-state index contributed by atoms with van der Waals surface area (Å²) in [7, 11) is 1.53. The van der Waals surface area contributed by atoms with Crippen molar-refractivity contribution in [1.82, 2.24) is 0 Å². The number of methoxy groups -OCH3 is 1. The molecule has 1 aromatic carbocycles. The average molecular weight is 411 g/mol. The number of ether oxygens (including phenoxy) is 2. The maximum absolute atomic E-state index is 11.7. The molecular weight excluding hydrogens is 398 g/mol. The van der Waals surface area contributed by atoms with Crippen LogP contribution in [0.2, 0.25) is 0 Å². The Balaban J connectivity index is 2.76. The van der Waals surface area contributed by atoms with Crippen LogP contribution in [0.1, 0.15) is 10.4 Å². The van der Waals surface area contributed by atoms with Crippen LogP contribution in [-0.2, 0) is 14.3 Å². The van der Waals surface area contributed by atoms with Gasteiger partial charge in [-0.3, -0.25) is 4.79 Å². The molecule has 0 heterocycles. The molecule has 110 valence electrons. The fourth-order valence-corrected chi connectivity index (χ4v) is 2.68. The molecule has 1 aromatic rings. The highest BCUT2D eigenvalue weighted by Crippen LogP contribution is 2.30. The zero-order valence-electron chi connectivity index (χ0n) is 10.6. The number of hydrogen-bond acceptors (Lipinski definition) is 4. The summed E-state index contributed by atoms with van der Waals surface area (Å²) in [6.45, 7) is 0.498. The van der Waals surface area contributed by atoms with Gasteiger partial charge in [-0.1, -0.05) is 15.9 Å². The number of benzene rings is 1. The lowest BCUT2D eigenvalue weighted by atomic mass is 10.2. The van der Waals surface area contributed by atoms with E-state index in [1.165, 1.54) is 13.2 Å². The molecular formula is C12H13Br2NO5. The van der Waals surface area contributed by atoms with Gasteiger partial charge in [-0.2, -0.15) is 0 Å². The van der Waals surface area contributed by atoms with Gasteiger partial charge in [0.15, 0.2) is 0 Å². The standard InChI is InChI=1S/C12H13Br2NO5/c1-19-2-3-20-6-10(16)15-11-8(12(17)18)4-7(13)5-9(11)14/h4-5H,2-3,6H2,1H3,(H,15,16)(H,17,18). The fraction of sp³-hybridized carbons (Fsp3) is 0.333. The van der Waals surface area contributed by atoms with E-state index in [2.05, 4.69) is 37.2 Å². The highest BCUT2D eigenvalue weighted by molar-refractivity contribution is 9.11. The zero-order chi connectivity index (χ0) is 15.1. The van der Waals surface area contributed by atoms with Crippen molar-refractivity contribution < 1.29 is 24.2 Å². The number of halogens is 2. The minimum Gasteiger partial charge on any atom is -0.478 e. The zero-order valence-corrected chi connectivity index (χ0v) is 13.8. The minimum atomic E-state index is -1.14. The third-order valence-electron chi connectivity index (χ3n) is 2.21. The Morgan fingerprint density at radius 1 is 1.30 bits per heavy atom. The van der Waals surface area contributed by atoms with Crippen molar-refractivity contribution in [2.24, 2.45) is 0 Å². The first-order chi connectivity index (χ1) is 9.45. The lowest BCUT2D eigenvalue weighted by Gasteiger charge is -2.11. The van der Waals surface area contributed by atoms with E-state index in [1.807, 2.05) is 0 Å². The molecule has 0 aromatic heterocycles. The summed E-state index contributed by atoms with van der Waals surface area (Å²) in [5.74, 6) is -1.57. The Morgan fingerprint density at radius 2 is 2.00 bits per heavy atom. The van der Waals surface area contributed by atoms with Crippen LogP contribution >= 0.6 is 31.9 Å². The van der Waals surface area contributed by atoms with Gasteiger partial charge in [-0.15, -0.1) is 0 Å². The Hall–Kier alpha value is -0.960. The summed E-state index contributed by atoms with van der Waals surface area (Å²) >= 11 is 6.42. The molecule has 0 saturated carbocycles. The molecule has 1 rings (SSSR count). The van der Waals surface area contributed by atoms with Crippen molar-refractivity contribution in [1.29, 1.82) is 0 Å². The van der Waals surface area contributed by atoms with Crippen LogP contribution in [0.3, 0.4) is 0 Å². The van der Waals surface area contributed by atoms with E-state index in [-0.39, 0.29) is 24.5 Å². The molecule has 0 aliphatic rings. The van der Waals surface area contributed by atoms with Crippen molar-refractivity contribution in [3.8, 4) is 0 Å². The molecule has 0 fully saturated rings. The minimum absolute atomic E-state index is 0.0171. The van der Waals surface area contributed by atoms with Gasteiger partial charge >= 0.3 is 5.97 Å². The summed E-state index contributed by atoms with van der Waals surface area (Å²) in [6.07, 6.45) is 0. The molecule has 6 nitrogen and oxygen atoms in total. The van der Waals surface area contributed by atoms with Crippen molar-refractivity contribution in [3.05, 3.63) is 26.6 Å². The molecule has 0 spiro atoms. The molecule has 0 atom stereocenters. The van der Waals surface area contributed by atoms with Gasteiger partial charge in [0.05, 0.1) is 24.5 Å². The SMILES string of the molecule is COCCOCC(=O)Nc1c(Br)cc(Br)cc1C(=O)O. The Labute approximate surface area is 132 Å². The van der Waals surface area contributed by atoms with Crippen molar-refractivity contribution in [2.45, 2.75) is 0 Å². The van der Waals surface area contributed by atoms with Crippen LogP contribution in [0.25, 0.3) is 0 Å². The van der Waals surface area contributed by atoms with E-state index in [0.717, 1.165) is 0 Å². The molecule has 8 heteroatoms. The summed E-state index contributed by atoms with van der Waals surface area (Å²) in [5.41, 5.74) is 0.178. The van der Waals surface area contributed by atoms with E-state index in [1.54, 1.807) is 6.07 Å². The van der Waals surface area contributed by atoms with Crippen LogP contribution in [0, 0.1) is 0 Å². The van der Waals surface area contributed by atoms with Crippen molar-refractivity contribution in [2.75, 3.05) is 32.2 Å². The molecule has 20 heavy (non-hydrogen) atoms. The summed E-state index contributed by atoms with van der Waals surface area (Å²) in [6, 6.07) is 3.06. The number of aromatic carboxylic acids is 1. The Bertz CT molecular complexity index is 507. The van der Waals surface area contributed by atoms with Crippen LogP contribution in [0.5, 0.6) is 0 Å². The lowest BCUT2D eigenvalue weighted by Crippen LogP contribution is -2.21. The second-order valence-corrected chi connectivity index (χ2v) is 5.48. The number of hydrogen-bond donors (Lipinski definition) is 2. The van der Waals surface area contributed by atoms with Gasteiger partial charge in [0.2, 0.25) is 5.91 Å². The van der Waals surface area contributed by atoms with Crippen LogP contribution < -0.4 is 5.32 Å². The summed E-state index contributed by atoms with van der Waals surface area (Å²) in [4.78, 5) is 22.9. The number of amides is 1. The van der Waals surface area contributed by atoms with E-state index < -0.39 is 11.9 Å². The van der Waals surface area contributed by atoms with Crippen molar-refractivity contribution in [3.63, 3.8) is 0 Å². The second kappa shape index (κ2) is 8.35. The molecule has 1 amide bonds. The largest absolute Gasteiger partial charge is 0.478 e. The molecule has 0 saturated heterocycles. The molecule has 0 bridgehead atoms. The Morgan fingerprint density at radius 3 is 2.60 bits per heavy atom. The molecule has 0 unspecified atom stereocenters. The first kappa shape index (κ1) is 17.1. The smallest absolute Gasteiger partial charge is 0.337 e. The number of rotatable bonds is 7. The first-order valence-corrected chi connectivity index (χ1v) is 7.13. The van der Waals surface area contributed by atoms with Crippen LogP contribution in [0.15, 0.2) is 21.1 Å². The molecule has 0 aliphatic heterocycles. The van der Waals surface area contributed by atoms with Gasteiger partial charge in [0, 0.05) is 16.1 Å². The third-order valence-corrected chi connectivity index (χ3v) is 3.30. The number of carboxylic acid groups (broad SMARTS) is 1. The monoisotopic (exact) mass is 409 g/mol.